The standard InChI is InChI=1S/C33H42O12/c1-16-27(31(7)22(13-25(37)39-9)30(5,6)45-26(38)14-23(31)41-17(2)34)28(42-18(3)35)29(43-19(4)36)32(8)21(20-10-11-40-15-20)12-24-33(16,32)44-24/h10-11,15,21-24,27-29H,1,12-14H2,2-9H3/t21-,22+,23-,24+,27+,28+,29-,31+,32+,33+/m0/s1. The van der Waals surface area contributed by atoms with E-state index in [4.69, 9.17) is 32.8 Å². The lowest BCUT2D eigenvalue weighted by atomic mass is 9.47. The normalized spacial score (nSPS) is 39.8. The summed E-state index contributed by atoms with van der Waals surface area (Å²) in [6.07, 6.45) is -0.637. The molecular formula is C33H42O12. The highest BCUT2D eigenvalue weighted by molar-refractivity contribution is 5.74. The van der Waals surface area contributed by atoms with Gasteiger partial charge >= 0.3 is 29.8 Å². The van der Waals surface area contributed by atoms with Crippen LogP contribution in [0.5, 0.6) is 0 Å². The van der Waals surface area contributed by atoms with E-state index in [9.17, 15) is 24.0 Å². The van der Waals surface area contributed by atoms with Gasteiger partial charge in [-0.1, -0.05) is 20.4 Å². The van der Waals surface area contributed by atoms with E-state index >= 15 is 0 Å². The van der Waals surface area contributed by atoms with Crippen LogP contribution in [0.15, 0.2) is 35.2 Å². The Balaban J connectivity index is 1.80. The zero-order chi connectivity index (χ0) is 33.3. The van der Waals surface area contributed by atoms with Gasteiger partial charge < -0.3 is 32.8 Å². The second-order valence-electron chi connectivity index (χ2n) is 13.7. The molecule has 1 spiro atoms. The van der Waals surface area contributed by atoms with Crippen molar-refractivity contribution in [2.24, 2.45) is 22.7 Å². The molecule has 4 aliphatic rings. The summed E-state index contributed by atoms with van der Waals surface area (Å²) in [4.78, 5) is 64.6. The van der Waals surface area contributed by atoms with Crippen LogP contribution in [0.25, 0.3) is 0 Å². The Morgan fingerprint density at radius 1 is 1.00 bits per heavy atom. The third kappa shape index (κ3) is 4.87. The third-order valence-electron chi connectivity index (χ3n) is 10.9. The van der Waals surface area contributed by atoms with Crippen LogP contribution in [-0.2, 0) is 52.4 Å². The average molecular weight is 631 g/mol. The number of rotatable bonds is 7. The summed E-state index contributed by atoms with van der Waals surface area (Å²) in [5.74, 6) is -5.23. The van der Waals surface area contributed by atoms with E-state index in [2.05, 4.69) is 6.58 Å². The van der Waals surface area contributed by atoms with Crippen LogP contribution in [0.3, 0.4) is 0 Å². The number of epoxide rings is 1. The van der Waals surface area contributed by atoms with Crippen molar-refractivity contribution in [3.63, 3.8) is 0 Å². The van der Waals surface area contributed by atoms with Gasteiger partial charge in [0, 0.05) is 43.9 Å². The summed E-state index contributed by atoms with van der Waals surface area (Å²) in [5, 5.41) is 0. The maximum atomic E-state index is 13.3. The second kappa shape index (κ2) is 11.0. The summed E-state index contributed by atoms with van der Waals surface area (Å²) in [5.41, 5.74) is -3.35. The summed E-state index contributed by atoms with van der Waals surface area (Å²) >= 11 is 0. The van der Waals surface area contributed by atoms with Crippen molar-refractivity contribution in [3.8, 4) is 0 Å². The lowest BCUT2D eigenvalue weighted by molar-refractivity contribution is -0.221. The van der Waals surface area contributed by atoms with Crippen LogP contribution in [-0.4, -0.2) is 72.6 Å². The summed E-state index contributed by atoms with van der Waals surface area (Å²) in [7, 11) is 1.25. The SMILES string of the molecule is C=C1[C@@H]([C@@]2(C)[C@@H](OC(C)=O)CC(=O)OC(C)(C)[C@H]2CC(=O)OC)[C@@H](OC(C)=O)[C@H](OC(C)=O)[C@@]2(C)[C@H](c3ccoc3)C[C@H]3O[C@]132. The van der Waals surface area contributed by atoms with Gasteiger partial charge in [-0.15, -0.1) is 0 Å². The molecule has 45 heavy (non-hydrogen) atoms. The predicted octanol–water partition coefficient (Wildman–Crippen LogP) is 3.80. The van der Waals surface area contributed by atoms with Gasteiger partial charge in [0.05, 0.1) is 44.0 Å². The third-order valence-corrected chi connectivity index (χ3v) is 10.9. The molecule has 2 saturated heterocycles. The zero-order valence-electron chi connectivity index (χ0n) is 27.0. The van der Waals surface area contributed by atoms with E-state index < -0.39 is 82.0 Å². The number of cyclic esters (lactones) is 1. The highest BCUT2D eigenvalue weighted by atomic mass is 16.6. The molecule has 2 aliphatic heterocycles. The summed E-state index contributed by atoms with van der Waals surface area (Å²) in [6.45, 7) is 15.4. The van der Waals surface area contributed by atoms with Gasteiger partial charge in [-0.3, -0.25) is 24.0 Å². The molecule has 4 fully saturated rings. The van der Waals surface area contributed by atoms with E-state index in [1.54, 1.807) is 33.3 Å². The first-order valence-corrected chi connectivity index (χ1v) is 15.1. The summed E-state index contributed by atoms with van der Waals surface area (Å²) < 4.78 is 41.1. The van der Waals surface area contributed by atoms with Gasteiger partial charge in [0.15, 0.2) is 0 Å². The van der Waals surface area contributed by atoms with Crippen molar-refractivity contribution in [1.29, 1.82) is 0 Å². The van der Waals surface area contributed by atoms with E-state index in [0.717, 1.165) is 5.56 Å². The molecule has 1 aromatic heterocycles. The summed E-state index contributed by atoms with van der Waals surface area (Å²) in [6, 6.07) is 1.84. The number of carbonyl (C=O) groups excluding carboxylic acids is 5. The molecule has 10 atom stereocenters. The Labute approximate surface area is 262 Å². The number of methoxy groups -OCH3 is 1. The molecule has 12 heteroatoms. The molecule has 246 valence electrons. The molecule has 12 nitrogen and oxygen atoms in total. The topological polar surface area (TPSA) is 157 Å². The molecule has 2 saturated carbocycles. The molecule has 0 amide bonds. The molecule has 0 radical (unpaired) electrons. The van der Waals surface area contributed by atoms with Crippen LogP contribution < -0.4 is 0 Å². The van der Waals surface area contributed by atoms with E-state index in [1.807, 2.05) is 13.0 Å². The van der Waals surface area contributed by atoms with Crippen molar-refractivity contribution < 1.29 is 56.8 Å². The van der Waals surface area contributed by atoms with Crippen LogP contribution >= 0.6 is 0 Å². The highest BCUT2D eigenvalue weighted by Crippen LogP contribution is 2.76. The minimum Gasteiger partial charge on any atom is -0.472 e. The Hall–Kier alpha value is -3.67. The number of carbonyl (C=O) groups is 5. The lowest BCUT2D eigenvalue weighted by Crippen LogP contribution is -2.68. The first-order valence-electron chi connectivity index (χ1n) is 15.1. The molecule has 0 unspecified atom stereocenters. The number of ether oxygens (including phenoxy) is 6. The predicted molar refractivity (Wildman–Crippen MR) is 154 cm³/mol. The van der Waals surface area contributed by atoms with Crippen molar-refractivity contribution in [2.75, 3.05) is 7.11 Å². The highest BCUT2D eigenvalue weighted by Gasteiger charge is 2.84. The average Bonchev–Trinajstić information content (AvgIpc) is 3.29. The second-order valence-corrected chi connectivity index (χ2v) is 13.7. The van der Waals surface area contributed by atoms with Gasteiger partial charge in [-0.2, -0.15) is 0 Å². The fraction of sp³-hybridized carbons (Fsp3) is 0.667. The number of esters is 5. The van der Waals surface area contributed by atoms with Crippen molar-refractivity contribution in [2.45, 2.75) is 109 Å². The van der Waals surface area contributed by atoms with Crippen LogP contribution in [0.2, 0.25) is 0 Å². The smallest absolute Gasteiger partial charge is 0.310 e. The molecule has 1 aromatic rings. The van der Waals surface area contributed by atoms with Crippen molar-refractivity contribution >= 4 is 29.8 Å². The van der Waals surface area contributed by atoms with E-state index in [0.29, 0.717) is 12.0 Å². The number of hydrogen-bond donors (Lipinski definition) is 0. The number of furan rings is 1. The Bertz CT molecular complexity index is 1410. The number of hydrogen-bond acceptors (Lipinski definition) is 12. The lowest BCUT2D eigenvalue weighted by Gasteiger charge is -2.59. The van der Waals surface area contributed by atoms with Crippen LogP contribution in [0.4, 0.5) is 0 Å². The van der Waals surface area contributed by atoms with Gasteiger partial charge in [0.2, 0.25) is 0 Å². The van der Waals surface area contributed by atoms with E-state index in [1.165, 1.54) is 27.9 Å². The molecular weight excluding hydrogens is 588 g/mol. The minimum absolute atomic E-state index is 0.242. The molecule has 0 aromatic carbocycles. The Morgan fingerprint density at radius 2 is 1.64 bits per heavy atom. The Morgan fingerprint density at radius 3 is 2.20 bits per heavy atom. The van der Waals surface area contributed by atoms with Crippen LogP contribution in [0, 0.1) is 22.7 Å². The first kappa shape index (κ1) is 32.7. The first-order chi connectivity index (χ1) is 20.9. The van der Waals surface area contributed by atoms with Gasteiger partial charge in [-0.25, -0.2) is 0 Å². The fourth-order valence-corrected chi connectivity index (χ4v) is 9.21. The molecule has 0 N–H and O–H groups in total. The molecule has 2 aliphatic carbocycles. The fourth-order valence-electron chi connectivity index (χ4n) is 9.21. The van der Waals surface area contributed by atoms with E-state index in [-0.39, 0.29) is 24.9 Å². The van der Waals surface area contributed by atoms with Gasteiger partial charge in [0.25, 0.3) is 0 Å². The van der Waals surface area contributed by atoms with Crippen LogP contribution in [0.1, 0.15) is 79.2 Å². The monoisotopic (exact) mass is 630 g/mol. The molecule has 0 bridgehead atoms. The minimum atomic E-state index is -1.38. The van der Waals surface area contributed by atoms with Gasteiger partial charge in [0.1, 0.15) is 29.5 Å². The quantitative estimate of drug-likeness (QED) is 0.186. The molecule has 3 heterocycles. The van der Waals surface area contributed by atoms with Crippen molar-refractivity contribution in [3.05, 3.63) is 36.3 Å². The molecule has 5 rings (SSSR count). The van der Waals surface area contributed by atoms with Gasteiger partial charge in [-0.05, 0) is 37.5 Å². The maximum absolute atomic E-state index is 13.3. The maximum Gasteiger partial charge on any atom is 0.310 e. The Kier molecular flexibility index (Phi) is 7.99. The zero-order valence-corrected chi connectivity index (χ0v) is 27.0. The largest absolute Gasteiger partial charge is 0.472 e. The van der Waals surface area contributed by atoms with Crippen molar-refractivity contribution in [1.82, 2.24) is 0 Å².